The smallest absolute Gasteiger partial charge is 0.233 e. The first-order chi connectivity index (χ1) is 12.3. The van der Waals surface area contributed by atoms with Gasteiger partial charge in [-0.05, 0) is 24.3 Å². The molecular formula is C19H23N3O2S. The second-order valence-corrected chi connectivity index (χ2v) is 6.90. The summed E-state index contributed by atoms with van der Waals surface area (Å²) in [4.78, 5) is 21.7. The molecule has 3 rings (SSSR count). The number of carbonyl (C=O) groups is 1. The molecule has 1 aromatic heterocycles. The van der Waals surface area contributed by atoms with Crippen molar-refractivity contribution in [3.8, 4) is 5.75 Å². The maximum absolute atomic E-state index is 12.3. The van der Waals surface area contributed by atoms with Gasteiger partial charge >= 0.3 is 0 Å². The summed E-state index contributed by atoms with van der Waals surface area (Å²) < 4.78 is 5.74. The van der Waals surface area contributed by atoms with Crippen LogP contribution in [0.5, 0.6) is 5.75 Å². The van der Waals surface area contributed by atoms with Gasteiger partial charge in [-0.3, -0.25) is 14.7 Å². The number of amides is 1. The molecule has 1 amide bonds. The van der Waals surface area contributed by atoms with E-state index in [4.69, 9.17) is 4.74 Å². The summed E-state index contributed by atoms with van der Waals surface area (Å²) in [5.74, 6) is 1.60. The molecule has 1 aliphatic heterocycles. The monoisotopic (exact) mass is 357 g/mol. The number of para-hydroxylation sites is 1. The van der Waals surface area contributed by atoms with Crippen molar-refractivity contribution >= 4 is 17.7 Å². The average molecular weight is 357 g/mol. The van der Waals surface area contributed by atoms with Gasteiger partial charge < -0.3 is 9.64 Å². The Bertz CT molecular complexity index is 646. The minimum absolute atomic E-state index is 0.210. The summed E-state index contributed by atoms with van der Waals surface area (Å²) in [6, 6.07) is 13.7. The van der Waals surface area contributed by atoms with Crippen molar-refractivity contribution in [1.29, 1.82) is 0 Å². The molecule has 132 valence electrons. The van der Waals surface area contributed by atoms with E-state index >= 15 is 0 Å². The Balaban J connectivity index is 1.33. The quantitative estimate of drug-likeness (QED) is 0.712. The highest BCUT2D eigenvalue weighted by Gasteiger charge is 2.20. The van der Waals surface area contributed by atoms with E-state index in [0.717, 1.165) is 43.4 Å². The summed E-state index contributed by atoms with van der Waals surface area (Å²) in [7, 11) is 0. The molecule has 5 nitrogen and oxygen atoms in total. The van der Waals surface area contributed by atoms with E-state index < -0.39 is 0 Å². The Morgan fingerprint density at radius 1 is 1.04 bits per heavy atom. The number of hydrogen-bond acceptors (Lipinski definition) is 5. The molecule has 2 heterocycles. The first-order valence-electron chi connectivity index (χ1n) is 8.52. The van der Waals surface area contributed by atoms with Gasteiger partial charge in [0.15, 0.2) is 0 Å². The maximum Gasteiger partial charge on any atom is 0.233 e. The Morgan fingerprint density at radius 2 is 1.76 bits per heavy atom. The fraction of sp³-hybridized carbons (Fsp3) is 0.368. The summed E-state index contributed by atoms with van der Waals surface area (Å²) in [5.41, 5.74) is 0. The van der Waals surface area contributed by atoms with E-state index in [2.05, 4.69) is 9.88 Å². The topological polar surface area (TPSA) is 45.7 Å². The van der Waals surface area contributed by atoms with E-state index in [0.29, 0.717) is 12.4 Å². The predicted molar refractivity (Wildman–Crippen MR) is 99.9 cm³/mol. The van der Waals surface area contributed by atoms with Crippen LogP contribution in [0.15, 0.2) is 59.8 Å². The molecule has 0 spiro atoms. The maximum atomic E-state index is 12.3. The Kier molecular flexibility index (Phi) is 6.71. The molecule has 6 heteroatoms. The Morgan fingerprint density at radius 3 is 2.48 bits per heavy atom. The molecule has 1 aliphatic rings. The fourth-order valence-electron chi connectivity index (χ4n) is 2.70. The van der Waals surface area contributed by atoms with Crippen LogP contribution in [0.4, 0.5) is 0 Å². The van der Waals surface area contributed by atoms with Crippen LogP contribution >= 0.6 is 11.8 Å². The van der Waals surface area contributed by atoms with Gasteiger partial charge in [0, 0.05) is 50.0 Å². The Labute approximate surface area is 153 Å². The van der Waals surface area contributed by atoms with Gasteiger partial charge in [0.05, 0.1) is 5.75 Å². The van der Waals surface area contributed by atoms with Gasteiger partial charge in [-0.15, -0.1) is 11.8 Å². The van der Waals surface area contributed by atoms with Crippen LogP contribution in [0.1, 0.15) is 0 Å². The number of nitrogens with zero attached hydrogens (tertiary/aromatic N) is 3. The minimum atomic E-state index is 0.210. The van der Waals surface area contributed by atoms with Crippen molar-refractivity contribution in [2.24, 2.45) is 0 Å². The van der Waals surface area contributed by atoms with Gasteiger partial charge in [0.1, 0.15) is 12.4 Å². The molecule has 0 aliphatic carbocycles. The lowest BCUT2D eigenvalue weighted by Gasteiger charge is -2.34. The number of hydrogen-bond donors (Lipinski definition) is 0. The van der Waals surface area contributed by atoms with E-state index in [1.54, 1.807) is 24.2 Å². The van der Waals surface area contributed by atoms with Crippen LogP contribution in [-0.4, -0.2) is 65.8 Å². The predicted octanol–water partition coefficient (Wildman–Crippen LogP) is 2.40. The third-order valence-electron chi connectivity index (χ3n) is 4.16. The van der Waals surface area contributed by atoms with Crippen LogP contribution in [0.3, 0.4) is 0 Å². The first-order valence-corrected chi connectivity index (χ1v) is 9.50. The molecule has 25 heavy (non-hydrogen) atoms. The highest BCUT2D eigenvalue weighted by Crippen LogP contribution is 2.17. The van der Waals surface area contributed by atoms with Gasteiger partial charge in [-0.1, -0.05) is 18.2 Å². The number of carbonyl (C=O) groups excluding carboxylic acids is 1. The fourth-order valence-corrected chi connectivity index (χ4v) is 3.49. The lowest BCUT2D eigenvalue weighted by Crippen LogP contribution is -2.50. The molecule has 1 fully saturated rings. The highest BCUT2D eigenvalue weighted by atomic mass is 32.2. The second-order valence-electron chi connectivity index (χ2n) is 5.86. The standard InChI is InChI=1S/C19H23N3O2S/c23-19(16-25-18-6-8-20-9-7-18)22-12-10-21(11-13-22)14-15-24-17-4-2-1-3-5-17/h1-9H,10-16H2. The van der Waals surface area contributed by atoms with E-state index in [1.165, 1.54) is 0 Å². The lowest BCUT2D eigenvalue weighted by atomic mass is 10.3. The van der Waals surface area contributed by atoms with Crippen molar-refractivity contribution in [2.75, 3.05) is 45.1 Å². The van der Waals surface area contributed by atoms with Crippen molar-refractivity contribution in [3.63, 3.8) is 0 Å². The molecule has 1 saturated heterocycles. The number of aromatic nitrogens is 1. The number of thioether (sulfide) groups is 1. The summed E-state index contributed by atoms with van der Waals surface area (Å²) >= 11 is 1.57. The number of benzene rings is 1. The van der Waals surface area contributed by atoms with E-state index in [1.807, 2.05) is 47.4 Å². The largest absolute Gasteiger partial charge is 0.492 e. The normalized spacial score (nSPS) is 15.1. The summed E-state index contributed by atoms with van der Waals surface area (Å²) in [5, 5.41) is 0. The summed E-state index contributed by atoms with van der Waals surface area (Å²) in [6.45, 7) is 4.97. The van der Waals surface area contributed by atoms with Crippen molar-refractivity contribution in [2.45, 2.75) is 4.90 Å². The van der Waals surface area contributed by atoms with Gasteiger partial charge in [-0.25, -0.2) is 0 Å². The van der Waals surface area contributed by atoms with Gasteiger partial charge in [0.25, 0.3) is 0 Å². The third-order valence-corrected chi connectivity index (χ3v) is 5.15. The number of piperazine rings is 1. The summed E-state index contributed by atoms with van der Waals surface area (Å²) in [6.07, 6.45) is 3.51. The van der Waals surface area contributed by atoms with Crippen LogP contribution < -0.4 is 4.74 Å². The van der Waals surface area contributed by atoms with Crippen LogP contribution in [-0.2, 0) is 4.79 Å². The zero-order chi connectivity index (χ0) is 17.3. The van der Waals surface area contributed by atoms with Crippen LogP contribution in [0.2, 0.25) is 0 Å². The zero-order valence-electron chi connectivity index (χ0n) is 14.2. The number of pyridine rings is 1. The molecular weight excluding hydrogens is 334 g/mol. The van der Waals surface area contributed by atoms with Crippen molar-refractivity contribution < 1.29 is 9.53 Å². The van der Waals surface area contributed by atoms with Crippen molar-refractivity contribution in [1.82, 2.24) is 14.8 Å². The second kappa shape index (κ2) is 9.44. The SMILES string of the molecule is O=C(CSc1ccncc1)N1CCN(CCOc2ccccc2)CC1. The molecule has 1 aromatic carbocycles. The number of ether oxygens (including phenoxy) is 1. The highest BCUT2D eigenvalue weighted by molar-refractivity contribution is 8.00. The molecule has 0 N–H and O–H groups in total. The van der Waals surface area contributed by atoms with E-state index in [-0.39, 0.29) is 5.91 Å². The molecule has 0 radical (unpaired) electrons. The van der Waals surface area contributed by atoms with E-state index in [9.17, 15) is 4.79 Å². The molecule has 0 unspecified atom stereocenters. The lowest BCUT2D eigenvalue weighted by molar-refractivity contribution is -0.130. The average Bonchev–Trinajstić information content (AvgIpc) is 2.68. The Hall–Kier alpha value is -2.05. The van der Waals surface area contributed by atoms with Gasteiger partial charge in [-0.2, -0.15) is 0 Å². The van der Waals surface area contributed by atoms with Gasteiger partial charge in [0.2, 0.25) is 5.91 Å². The van der Waals surface area contributed by atoms with Crippen LogP contribution in [0, 0.1) is 0 Å². The molecule has 0 saturated carbocycles. The third kappa shape index (κ3) is 5.76. The van der Waals surface area contributed by atoms with Crippen molar-refractivity contribution in [3.05, 3.63) is 54.9 Å². The number of rotatable bonds is 7. The zero-order valence-corrected chi connectivity index (χ0v) is 15.0. The molecule has 0 bridgehead atoms. The molecule has 0 atom stereocenters. The first kappa shape index (κ1) is 17.8. The molecule has 2 aromatic rings. The van der Waals surface area contributed by atoms with Crippen LogP contribution in [0.25, 0.3) is 0 Å². The minimum Gasteiger partial charge on any atom is -0.492 e.